The molecule has 4 N–H and O–H groups in total. The second-order valence-electron chi connectivity index (χ2n) is 1.73. The first-order valence-electron chi connectivity index (χ1n) is 4.23. The molecule has 0 rings (SSSR count). The number of carbonyl (C=O) groups excluding carboxylic acids is 1. The van der Waals surface area contributed by atoms with E-state index >= 15 is 0 Å². The van der Waals surface area contributed by atoms with E-state index in [1.165, 1.54) is 4.72 Å². The Bertz CT molecular complexity index is 463. The Balaban J connectivity index is -0.0000000423. The van der Waals surface area contributed by atoms with E-state index in [9.17, 15) is 13.2 Å². The van der Waals surface area contributed by atoms with Crippen molar-refractivity contribution in [3.05, 3.63) is 0 Å². The predicted octanol–water partition coefficient (Wildman–Crippen LogP) is -1.62. The Morgan fingerprint density at radius 3 is 1.33 bits per heavy atom. The van der Waals surface area contributed by atoms with Crippen molar-refractivity contribution in [1.82, 2.24) is 4.72 Å². The smallest absolute Gasteiger partial charge is 0.230 e. The Labute approximate surface area is 198 Å². The molecular formula is C4H13I6N2O7S2-. The van der Waals surface area contributed by atoms with E-state index in [4.69, 9.17) is 20.6 Å². The van der Waals surface area contributed by atoms with Gasteiger partial charge in [-0.3, -0.25) is 14.3 Å². The first-order valence-corrected chi connectivity index (χ1v) is 24.5. The summed E-state index contributed by atoms with van der Waals surface area (Å²) < 4.78 is 50.9. The van der Waals surface area contributed by atoms with Crippen LogP contribution in [0.1, 0.15) is 13.8 Å². The maximum absolute atomic E-state index is 9.85. The quantitative estimate of drug-likeness (QED) is 0.156. The number of nitrogens with one attached hydrogen (secondary N) is 1. The van der Waals surface area contributed by atoms with Gasteiger partial charge in [-0.25, -0.2) is 22.0 Å². The van der Waals surface area contributed by atoms with Crippen molar-refractivity contribution in [2.45, 2.75) is 13.8 Å². The monoisotopic (exact) mass is 1030 g/mol. The molecule has 0 spiro atoms. The Hall–Kier alpha value is 3.18. The zero-order valence-corrected chi connectivity index (χ0v) is 24.8. The summed E-state index contributed by atoms with van der Waals surface area (Å²) in [5.41, 5.74) is 0. The summed E-state index contributed by atoms with van der Waals surface area (Å²) in [6, 6.07) is 0. The number of rotatable bonds is 1. The van der Waals surface area contributed by atoms with E-state index in [0.29, 0.717) is 13.3 Å². The van der Waals surface area contributed by atoms with Crippen LogP contribution >= 0.6 is 98.4 Å². The molecule has 0 radical (unpaired) electrons. The predicted molar refractivity (Wildman–Crippen MR) is 123 cm³/mol. The molecule has 21 heavy (non-hydrogen) atoms. The van der Waals surface area contributed by atoms with Crippen LogP contribution in [-0.4, -0.2) is 36.1 Å². The zero-order valence-electron chi connectivity index (χ0n) is 12.1. The number of halogens is 6. The van der Waals surface area contributed by atoms with Crippen LogP contribution in [0.15, 0.2) is 0 Å². The van der Waals surface area contributed by atoms with Crippen molar-refractivity contribution in [1.29, 1.82) is 2.25 Å². The summed E-state index contributed by atoms with van der Waals surface area (Å²) in [5.74, 6) is -1.58. The molecule has 17 heteroatoms. The minimum atomic E-state index is -4.07. The molecule has 0 fully saturated rings. The van der Waals surface area contributed by atoms with Crippen molar-refractivity contribution in [2.75, 3.05) is 0 Å². The van der Waals surface area contributed by atoms with Crippen LogP contribution < -0.4 is 23.1 Å². The molecule has 0 aliphatic heterocycles. The van der Waals surface area contributed by atoms with Crippen molar-refractivity contribution in [3.8, 4) is 0 Å². The van der Waals surface area contributed by atoms with Crippen LogP contribution in [0.2, 0.25) is 0 Å². The standard InChI is InChI=1S/C2H5NO3S.C2H4O2.I3.I2.HI.H3NO2S/c1-2(4)3-7(5)6;1-2(3)4;1-3-2;1-2;;1-4(2)3/h7H,1H3,(H,3,4,5,6);1H3,(H,3,4);;;1H;4H,(H2,1,2,3)/q;;-1;;;/i7D;;;;;4D. The number of hydrogen-bond donors (Lipinski definition) is 5. The molecule has 0 aliphatic rings. The summed E-state index contributed by atoms with van der Waals surface area (Å²) in [5, 5.41) is 11.4. The van der Waals surface area contributed by atoms with Crippen LogP contribution in [0.25, 0.3) is 0 Å². The Kier molecular flexibility index (Phi) is 58.7. The van der Waals surface area contributed by atoms with Gasteiger partial charge >= 0.3 is 50.5 Å². The van der Waals surface area contributed by atoms with Crippen molar-refractivity contribution >= 4 is 132 Å². The fourth-order valence-electron chi connectivity index (χ4n) is 0.117. The minimum Gasteiger partial charge on any atom is -0.274 e. The Morgan fingerprint density at radius 1 is 1.19 bits per heavy atom. The first kappa shape index (κ1) is 31.9. The third-order valence-electron chi connectivity index (χ3n) is 0.227. The summed E-state index contributed by atoms with van der Waals surface area (Å²) in [7, 11) is -7.99. The first-order chi connectivity index (χ1) is 9.56. The van der Waals surface area contributed by atoms with Crippen LogP contribution in [0.4, 0.5) is 0 Å². The van der Waals surface area contributed by atoms with Crippen LogP contribution in [0.5, 0.6) is 0 Å². The second-order valence-corrected chi connectivity index (χ2v) is 19.2. The van der Waals surface area contributed by atoms with E-state index < -0.39 is 33.5 Å². The molecule has 1 amide bonds. The average molecular weight is 1030 g/mol. The number of thiol groups is 2. The van der Waals surface area contributed by atoms with E-state index in [1.54, 1.807) is 0 Å². The molecule has 0 atom stereocenters. The fraction of sp³-hybridized carbons (Fsp3) is 0.500. The zero-order chi connectivity index (χ0) is 19.6. The Morgan fingerprint density at radius 2 is 1.33 bits per heavy atom. The molecule has 0 aliphatic carbocycles. The molecule has 136 valence electrons. The molecular weight excluding hydrogens is 1010 g/mol. The second kappa shape index (κ2) is 38.6. The van der Waals surface area contributed by atoms with Gasteiger partial charge in [-0.1, -0.05) is 0 Å². The van der Waals surface area contributed by atoms with Crippen LogP contribution in [0, 0.1) is 0 Å². The third-order valence-corrected chi connectivity index (χ3v) is 0.681. The maximum Gasteiger partial charge on any atom is 0.230 e. The van der Waals surface area contributed by atoms with Gasteiger partial charge in [-0.2, -0.15) is 0 Å². The van der Waals surface area contributed by atoms with Crippen molar-refractivity contribution in [3.63, 3.8) is 0 Å². The number of nitrogens with two attached hydrogens (primary N) is 1. The number of carboxylic acid groups (broad SMARTS) is 1. The molecule has 0 saturated heterocycles. The molecule has 0 bridgehead atoms. The molecule has 0 unspecified atom stereocenters. The molecule has 9 nitrogen and oxygen atoms in total. The van der Waals surface area contributed by atoms with Gasteiger partial charge in [-0.05, 0) is 0 Å². The van der Waals surface area contributed by atoms with Crippen LogP contribution in [-0.2, 0) is 31.2 Å². The third kappa shape index (κ3) is 202. The fourth-order valence-corrected chi connectivity index (χ4v) is 0.352. The van der Waals surface area contributed by atoms with Gasteiger partial charge in [0.2, 0.25) is 16.7 Å². The molecule has 0 heterocycles. The molecule has 0 saturated carbocycles. The summed E-state index contributed by atoms with van der Waals surface area (Å²) >= 11 is 9.54. The van der Waals surface area contributed by atoms with Gasteiger partial charge in [0.1, 0.15) is 0 Å². The number of amides is 1. The molecule has 0 aromatic heterocycles. The van der Waals surface area contributed by atoms with E-state index in [-0.39, 0.29) is 24.0 Å². The topological polar surface area (TPSA) is 161 Å². The van der Waals surface area contributed by atoms with Gasteiger partial charge in [0, 0.05) is 51.1 Å². The number of hydrogen-bond acceptors (Lipinski definition) is 6. The molecule has 0 aromatic carbocycles. The van der Waals surface area contributed by atoms with E-state index in [0.717, 1.165) is 13.8 Å². The normalized spacial score (nSPS) is 9.48. The van der Waals surface area contributed by atoms with Gasteiger partial charge in [0.15, 0.2) is 13.0 Å². The van der Waals surface area contributed by atoms with Gasteiger partial charge in [0.25, 0.3) is 5.97 Å². The van der Waals surface area contributed by atoms with Crippen molar-refractivity contribution in [2.24, 2.45) is 5.14 Å². The van der Waals surface area contributed by atoms with Gasteiger partial charge in [0.05, 0.1) is 0 Å². The molecule has 0 aromatic rings. The van der Waals surface area contributed by atoms with Crippen molar-refractivity contribution < 1.29 is 44.8 Å². The summed E-state index contributed by atoms with van der Waals surface area (Å²) in [4.78, 5) is 18.8. The summed E-state index contributed by atoms with van der Waals surface area (Å²) in [6.45, 7) is 2.10. The number of carboxylic acids is 1. The van der Waals surface area contributed by atoms with E-state index in [1.807, 2.05) is 0 Å². The largest absolute Gasteiger partial charge is 0.274 e. The van der Waals surface area contributed by atoms with E-state index in [2.05, 4.69) is 79.6 Å². The number of aliphatic carboxylic acids is 1. The average Bonchev–Trinajstić information content (AvgIpc) is 2.13. The minimum absolute atomic E-state index is 0. The number of carbonyl (C=O) groups is 2. The van der Waals surface area contributed by atoms with Gasteiger partial charge < -0.3 is 5.11 Å². The van der Waals surface area contributed by atoms with Gasteiger partial charge in [-0.15, -0.1) is 24.0 Å². The maximum atomic E-state index is 9.85. The van der Waals surface area contributed by atoms with Crippen LogP contribution in [0.3, 0.4) is 0 Å². The summed E-state index contributed by atoms with van der Waals surface area (Å²) in [6.07, 6.45) is 0. The SMILES string of the molecule is CC(=O)O.I.II.I[I-]I.[2H]S(=O)(=O)NC(C)=O.[2H]S(N)(=O)=O.